The first kappa shape index (κ1) is 36.3. The zero-order valence-corrected chi connectivity index (χ0v) is 26.9. The van der Waals surface area contributed by atoms with Crippen LogP contribution >= 0.6 is 0 Å². The van der Waals surface area contributed by atoms with Gasteiger partial charge in [0.05, 0.1) is 0 Å². The average Bonchev–Trinajstić information content (AvgIpc) is 2.92. The molecular formula is C36H68Si. The minimum Gasteiger partial charge on any atom is -0.126 e. The largest absolute Gasteiger partial charge is 0.216 e. The highest BCUT2D eigenvalue weighted by Crippen LogP contribution is 2.23. The third kappa shape index (κ3) is 25.4. The van der Waals surface area contributed by atoms with Crippen molar-refractivity contribution in [1.29, 1.82) is 0 Å². The van der Waals surface area contributed by atoms with Crippen LogP contribution in [0.25, 0.3) is 0 Å². The lowest BCUT2D eigenvalue weighted by Crippen LogP contribution is -2.30. The quantitative estimate of drug-likeness (QED) is 0.0494. The van der Waals surface area contributed by atoms with Crippen LogP contribution in [0, 0.1) is 23.9 Å². The maximum absolute atomic E-state index is 6.00. The Morgan fingerprint density at radius 2 is 0.514 bits per heavy atom. The van der Waals surface area contributed by atoms with Gasteiger partial charge in [-0.15, -0.1) is 23.9 Å². The van der Waals surface area contributed by atoms with E-state index in [4.69, 9.17) is 12.8 Å². The molecule has 0 heterocycles. The van der Waals surface area contributed by atoms with Gasteiger partial charge >= 0.3 is 0 Å². The van der Waals surface area contributed by atoms with Crippen LogP contribution in [-0.4, -0.2) is 8.07 Å². The van der Waals surface area contributed by atoms with Crippen LogP contribution in [-0.2, 0) is 0 Å². The second-order valence-corrected chi connectivity index (χ2v) is 15.8. The molecule has 0 aromatic rings. The van der Waals surface area contributed by atoms with Crippen molar-refractivity contribution in [2.45, 2.75) is 206 Å². The fraction of sp³-hybridized carbons (Fsp3) is 0.889. The van der Waals surface area contributed by atoms with Gasteiger partial charge in [-0.25, -0.2) is 0 Å². The molecule has 0 amide bonds. The van der Waals surface area contributed by atoms with Crippen molar-refractivity contribution in [3.63, 3.8) is 0 Å². The predicted molar refractivity (Wildman–Crippen MR) is 174 cm³/mol. The summed E-state index contributed by atoms with van der Waals surface area (Å²) in [6, 6.07) is 2.33. The summed E-state index contributed by atoms with van der Waals surface area (Å²) in [5.41, 5.74) is 6.32. The van der Waals surface area contributed by atoms with E-state index in [0.717, 1.165) is 12.1 Å². The first-order valence-corrected chi connectivity index (χ1v) is 19.6. The highest BCUT2D eigenvalue weighted by molar-refractivity contribution is 6.94. The van der Waals surface area contributed by atoms with Gasteiger partial charge in [0.15, 0.2) is 0 Å². The molecule has 0 aliphatic heterocycles. The van der Waals surface area contributed by atoms with Crippen molar-refractivity contribution in [3.05, 3.63) is 0 Å². The summed E-state index contributed by atoms with van der Waals surface area (Å²) in [7, 11) is -1.89. The highest BCUT2D eigenvalue weighted by Gasteiger charge is 2.27. The Balaban J connectivity index is 3.56. The van der Waals surface area contributed by atoms with E-state index in [2.05, 4.69) is 24.9 Å². The van der Waals surface area contributed by atoms with Crippen LogP contribution in [0.5, 0.6) is 0 Å². The van der Waals surface area contributed by atoms with Gasteiger partial charge in [-0.05, 0) is 12.1 Å². The monoisotopic (exact) mass is 529 g/mol. The number of hydrogen-bond donors (Lipinski definition) is 0. The first-order valence-electron chi connectivity index (χ1n) is 17.2. The van der Waals surface area contributed by atoms with E-state index in [-0.39, 0.29) is 0 Å². The zero-order valence-electron chi connectivity index (χ0n) is 25.9. The molecule has 1 heteroatoms. The van der Waals surface area contributed by atoms with Crippen LogP contribution in [0.3, 0.4) is 0 Å². The summed E-state index contributed by atoms with van der Waals surface area (Å²) in [5, 5.41) is 0. The molecule has 0 radical (unpaired) electrons. The van der Waals surface area contributed by atoms with Crippen LogP contribution < -0.4 is 0 Å². The molecule has 0 aliphatic rings. The Morgan fingerprint density at radius 1 is 0.324 bits per heavy atom. The molecule has 0 aromatic heterocycles. The van der Waals surface area contributed by atoms with Gasteiger partial charge in [-0.1, -0.05) is 194 Å². The molecule has 0 fully saturated rings. The molecule has 0 aliphatic carbocycles. The van der Waals surface area contributed by atoms with E-state index >= 15 is 0 Å². The van der Waals surface area contributed by atoms with Crippen molar-refractivity contribution in [2.24, 2.45) is 0 Å². The molecule has 0 unspecified atom stereocenters. The van der Waals surface area contributed by atoms with Crippen molar-refractivity contribution < 1.29 is 0 Å². The highest BCUT2D eigenvalue weighted by atomic mass is 28.3. The standard InChI is InChI=1S/C36H68Si/c1-5-9-11-13-15-17-19-21-23-25-27-29-31-33-35-37(7-3,8-4)36-34-32-30-28-26-24-22-20-18-16-14-12-10-6-2/h3-4H,5-6,9-36H2,1-2H3. The Bertz CT molecular complexity index is 474. The van der Waals surface area contributed by atoms with E-state index in [1.807, 2.05) is 0 Å². The maximum atomic E-state index is 6.00. The van der Waals surface area contributed by atoms with Gasteiger partial charge in [0, 0.05) is 0 Å². The van der Waals surface area contributed by atoms with Gasteiger partial charge in [-0.2, -0.15) is 0 Å². The molecule has 0 atom stereocenters. The van der Waals surface area contributed by atoms with Gasteiger partial charge in [0.25, 0.3) is 0 Å². The van der Waals surface area contributed by atoms with Gasteiger partial charge < -0.3 is 0 Å². The summed E-state index contributed by atoms with van der Waals surface area (Å²) < 4.78 is 0. The van der Waals surface area contributed by atoms with E-state index in [1.54, 1.807) is 0 Å². The number of rotatable bonds is 30. The van der Waals surface area contributed by atoms with Gasteiger partial charge in [-0.3, -0.25) is 0 Å². The van der Waals surface area contributed by atoms with Gasteiger partial charge in [0.1, 0.15) is 0 Å². The number of hydrogen-bond acceptors (Lipinski definition) is 0. The summed E-state index contributed by atoms with van der Waals surface area (Å²) in [4.78, 5) is 0. The van der Waals surface area contributed by atoms with E-state index < -0.39 is 8.07 Å². The molecular weight excluding hydrogens is 460 g/mol. The third-order valence-corrected chi connectivity index (χ3v) is 12.0. The van der Waals surface area contributed by atoms with Crippen LogP contribution in [0.15, 0.2) is 0 Å². The molecule has 0 spiro atoms. The predicted octanol–water partition coefficient (Wildman–Crippen LogP) is 12.7. The SMILES string of the molecule is C#C[Si](C#C)(CCCCCCCCCCCCCCCC)CCCCCCCCCCCCCCCC. The molecule has 0 saturated heterocycles. The topological polar surface area (TPSA) is 0 Å². The molecule has 0 rings (SSSR count). The van der Waals surface area contributed by atoms with Crippen LogP contribution in [0.2, 0.25) is 12.1 Å². The van der Waals surface area contributed by atoms with E-state index in [1.165, 1.54) is 180 Å². The van der Waals surface area contributed by atoms with E-state index in [9.17, 15) is 0 Å². The molecule has 0 aromatic carbocycles. The molecule has 0 saturated carbocycles. The fourth-order valence-corrected chi connectivity index (χ4v) is 8.32. The lowest BCUT2D eigenvalue weighted by atomic mass is 10.0. The van der Waals surface area contributed by atoms with Crippen molar-refractivity contribution >= 4 is 8.07 Å². The Labute approximate surface area is 237 Å². The summed E-state index contributed by atoms with van der Waals surface area (Å²) in [5.74, 6) is 0. The smallest absolute Gasteiger partial charge is 0.126 e. The number of unbranched alkanes of at least 4 members (excludes halogenated alkanes) is 26. The average molecular weight is 529 g/mol. The summed E-state index contributed by atoms with van der Waals surface area (Å²) in [6.07, 6.45) is 51.3. The second-order valence-electron chi connectivity index (χ2n) is 12.1. The molecule has 0 nitrogen and oxygen atoms in total. The second kappa shape index (κ2) is 29.9. The summed E-state index contributed by atoms with van der Waals surface area (Å²) >= 11 is 0. The van der Waals surface area contributed by atoms with Crippen molar-refractivity contribution in [2.75, 3.05) is 0 Å². The zero-order chi connectivity index (χ0) is 27.1. The fourth-order valence-electron chi connectivity index (χ4n) is 5.70. The Morgan fingerprint density at radius 3 is 0.703 bits per heavy atom. The van der Waals surface area contributed by atoms with Crippen LogP contribution in [0.4, 0.5) is 0 Å². The first-order chi connectivity index (χ1) is 18.2. The maximum Gasteiger partial charge on any atom is 0.216 e. The third-order valence-electron chi connectivity index (χ3n) is 8.47. The van der Waals surface area contributed by atoms with Crippen LogP contribution in [0.1, 0.15) is 194 Å². The normalized spacial score (nSPS) is 11.5. The lowest BCUT2D eigenvalue weighted by molar-refractivity contribution is 0.537. The molecule has 216 valence electrons. The number of terminal acetylenes is 2. The minimum atomic E-state index is -1.89. The summed E-state index contributed by atoms with van der Waals surface area (Å²) in [6.45, 7) is 4.59. The van der Waals surface area contributed by atoms with E-state index in [0.29, 0.717) is 0 Å². The lowest BCUT2D eigenvalue weighted by Gasteiger charge is -2.19. The Kier molecular flexibility index (Phi) is 29.4. The molecule has 37 heavy (non-hydrogen) atoms. The Hall–Kier alpha value is -0.663. The molecule has 0 bridgehead atoms. The molecule has 0 N–H and O–H groups in total. The van der Waals surface area contributed by atoms with Crippen molar-refractivity contribution in [3.8, 4) is 23.9 Å². The minimum absolute atomic E-state index is 1.16. The van der Waals surface area contributed by atoms with Crippen molar-refractivity contribution in [1.82, 2.24) is 0 Å². The van der Waals surface area contributed by atoms with Gasteiger partial charge in [0.2, 0.25) is 8.07 Å².